The third kappa shape index (κ3) is 4.31. The van der Waals surface area contributed by atoms with Gasteiger partial charge in [-0.05, 0) is 43.7 Å². The van der Waals surface area contributed by atoms with Crippen molar-refractivity contribution in [1.29, 1.82) is 0 Å². The first-order valence-electron chi connectivity index (χ1n) is 6.79. The van der Waals surface area contributed by atoms with Crippen LogP contribution in [0.25, 0.3) is 0 Å². The molecule has 2 rings (SSSR count). The van der Waals surface area contributed by atoms with E-state index in [1.54, 1.807) is 12.1 Å². The molecule has 0 radical (unpaired) electrons. The molecule has 1 aromatic heterocycles. The SMILES string of the molecule is CCCNCc1cc(C)nc(Oc2cccc(F)c2)c1. The van der Waals surface area contributed by atoms with Gasteiger partial charge in [-0.15, -0.1) is 0 Å². The van der Waals surface area contributed by atoms with E-state index >= 15 is 0 Å². The van der Waals surface area contributed by atoms with Gasteiger partial charge in [-0.3, -0.25) is 0 Å². The molecule has 4 heteroatoms. The Bertz CT molecular complexity index is 572. The molecule has 1 N–H and O–H groups in total. The molecule has 2 aromatic rings. The monoisotopic (exact) mass is 274 g/mol. The molecule has 106 valence electrons. The lowest BCUT2D eigenvalue weighted by atomic mass is 10.2. The maximum atomic E-state index is 13.1. The molecule has 0 amide bonds. The average molecular weight is 274 g/mol. The Labute approximate surface area is 118 Å². The summed E-state index contributed by atoms with van der Waals surface area (Å²) in [5.41, 5.74) is 1.99. The van der Waals surface area contributed by atoms with Crippen molar-refractivity contribution in [3.8, 4) is 11.6 Å². The number of hydrogen-bond donors (Lipinski definition) is 1. The summed E-state index contributed by atoms with van der Waals surface area (Å²) >= 11 is 0. The summed E-state index contributed by atoms with van der Waals surface area (Å²) < 4.78 is 18.7. The fraction of sp³-hybridized carbons (Fsp3) is 0.312. The highest BCUT2D eigenvalue weighted by Crippen LogP contribution is 2.21. The fourth-order valence-electron chi connectivity index (χ4n) is 1.92. The first-order valence-corrected chi connectivity index (χ1v) is 6.79. The minimum atomic E-state index is -0.319. The van der Waals surface area contributed by atoms with Crippen LogP contribution in [0.4, 0.5) is 4.39 Å². The Morgan fingerprint density at radius 1 is 1.25 bits per heavy atom. The largest absolute Gasteiger partial charge is 0.439 e. The van der Waals surface area contributed by atoms with Crippen LogP contribution in [0.2, 0.25) is 0 Å². The predicted molar refractivity (Wildman–Crippen MR) is 77.4 cm³/mol. The van der Waals surface area contributed by atoms with Crippen LogP contribution in [0.1, 0.15) is 24.6 Å². The van der Waals surface area contributed by atoms with Gasteiger partial charge in [-0.1, -0.05) is 13.0 Å². The third-order valence-electron chi connectivity index (χ3n) is 2.76. The summed E-state index contributed by atoms with van der Waals surface area (Å²) in [5, 5.41) is 3.34. The van der Waals surface area contributed by atoms with Gasteiger partial charge in [-0.2, -0.15) is 0 Å². The summed E-state index contributed by atoms with van der Waals surface area (Å²) in [6.07, 6.45) is 1.09. The van der Waals surface area contributed by atoms with Crippen LogP contribution in [0.15, 0.2) is 36.4 Å². The summed E-state index contributed by atoms with van der Waals surface area (Å²) in [5.74, 6) is 0.624. The van der Waals surface area contributed by atoms with E-state index in [4.69, 9.17) is 4.74 Å². The molecule has 0 bridgehead atoms. The van der Waals surface area contributed by atoms with Crippen molar-refractivity contribution in [1.82, 2.24) is 10.3 Å². The van der Waals surface area contributed by atoms with Crippen molar-refractivity contribution in [2.45, 2.75) is 26.8 Å². The van der Waals surface area contributed by atoms with E-state index in [9.17, 15) is 4.39 Å². The highest BCUT2D eigenvalue weighted by Gasteiger charge is 2.04. The Kier molecular flexibility index (Phi) is 5.07. The molecule has 0 spiro atoms. The van der Waals surface area contributed by atoms with Crippen molar-refractivity contribution in [2.75, 3.05) is 6.54 Å². The molecule has 1 aromatic carbocycles. The molecular weight excluding hydrogens is 255 g/mol. The van der Waals surface area contributed by atoms with Crippen LogP contribution in [-0.2, 0) is 6.54 Å². The Balaban J connectivity index is 2.11. The summed E-state index contributed by atoms with van der Waals surface area (Å²) in [4.78, 5) is 4.31. The molecule has 0 atom stereocenters. The number of ether oxygens (including phenoxy) is 1. The number of rotatable bonds is 6. The lowest BCUT2D eigenvalue weighted by molar-refractivity contribution is 0.455. The fourth-order valence-corrected chi connectivity index (χ4v) is 1.92. The second-order valence-electron chi connectivity index (χ2n) is 4.69. The smallest absolute Gasteiger partial charge is 0.219 e. The van der Waals surface area contributed by atoms with E-state index in [-0.39, 0.29) is 5.82 Å². The molecule has 1 heterocycles. The molecular formula is C16H19FN2O. The molecule has 20 heavy (non-hydrogen) atoms. The van der Waals surface area contributed by atoms with Crippen molar-refractivity contribution >= 4 is 0 Å². The molecule has 0 saturated carbocycles. The summed E-state index contributed by atoms with van der Waals surface area (Å²) in [7, 11) is 0. The van der Waals surface area contributed by atoms with Crippen molar-refractivity contribution in [3.05, 3.63) is 53.5 Å². The zero-order valence-corrected chi connectivity index (χ0v) is 11.8. The molecule has 0 aliphatic heterocycles. The van der Waals surface area contributed by atoms with Gasteiger partial charge in [0.15, 0.2) is 0 Å². The lowest BCUT2D eigenvalue weighted by Gasteiger charge is -2.09. The van der Waals surface area contributed by atoms with E-state index in [2.05, 4.69) is 17.2 Å². The minimum absolute atomic E-state index is 0.319. The highest BCUT2D eigenvalue weighted by molar-refractivity contribution is 5.30. The average Bonchev–Trinajstić information content (AvgIpc) is 2.38. The van der Waals surface area contributed by atoms with Gasteiger partial charge in [0.1, 0.15) is 11.6 Å². The summed E-state index contributed by atoms with van der Waals surface area (Å²) in [6, 6.07) is 9.95. The first-order chi connectivity index (χ1) is 9.67. The van der Waals surface area contributed by atoms with Gasteiger partial charge < -0.3 is 10.1 Å². The number of pyridine rings is 1. The molecule has 0 fully saturated rings. The zero-order valence-electron chi connectivity index (χ0n) is 11.8. The normalized spacial score (nSPS) is 10.6. The van der Waals surface area contributed by atoms with Gasteiger partial charge in [0.05, 0.1) is 0 Å². The number of benzene rings is 1. The Hall–Kier alpha value is -1.94. The molecule has 0 aliphatic rings. The van der Waals surface area contributed by atoms with Gasteiger partial charge in [0, 0.05) is 24.4 Å². The van der Waals surface area contributed by atoms with Gasteiger partial charge >= 0.3 is 0 Å². The van der Waals surface area contributed by atoms with E-state index in [0.717, 1.165) is 30.8 Å². The van der Waals surface area contributed by atoms with Crippen LogP contribution in [0, 0.1) is 12.7 Å². The van der Waals surface area contributed by atoms with Crippen LogP contribution < -0.4 is 10.1 Å². The van der Waals surface area contributed by atoms with E-state index in [0.29, 0.717) is 11.6 Å². The molecule has 3 nitrogen and oxygen atoms in total. The maximum absolute atomic E-state index is 13.1. The van der Waals surface area contributed by atoms with E-state index in [1.807, 2.05) is 19.1 Å². The second kappa shape index (κ2) is 7.01. The zero-order chi connectivity index (χ0) is 14.4. The third-order valence-corrected chi connectivity index (χ3v) is 2.76. The van der Waals surface area contributed by atoms with Crippen molar-refractivity contribution in [2.24, 2.45) is 0 Å². The van der Waals surface area contributed by atoms with Gasteiger partial charge in [-0.25, -0.2) is 9.37 Å². The number of halogens is 1. The number of nitrogens with one attached hydrogen (secondary N) is 1. The lowest BCUT2D eigenvalue weighted by Crippen LogP contribution is -2.14. The number of hydrogen-bond acceptors (Lipinski definition) is 3. The van der Waals surface area contributed by atoms with Gasteiger partial charge in [0.2, 0.25) is 5.88 Å². The van der Waals surface area contributed by atoms with Crippen LogP contribution in [0.5, 0.6) is 11.6 Å². The van der Waals surface area contributed by atoms with Crippen molar-refractivity contribution in [3.63, 3.8) is 0 Å². The predicted octanol–water partition coefficient (Wildman–Crippen LogP) is 3.82. The Morgan fingerprint density at radius 2 is 2.10 bits per heavy atom. The number of aryl methyl sites for hydroxylation is 1. The number of nitrogens with zero attached hydrogens (tertiary/aromatic N) is 1. The minimum Gasteiger partial charge on any atom is -0.439 e. The molecule has 0 saturated heterocycles. The van der Waals surface area contributed by atoms with E-state index < -0.39 is 0 Å². The van der Waals surface area contributed by atoms with Gasteiger partial charge in [0.25, 0.3) is 0 Å². The number of aromatic nitrogens is 1. The van der Waals surface area contributed by atoms with Crippen LogP contribution >= 0.6 is 0 Å². The first kappa shape index (κ1) is 14.5. The molecule has 0 unspecified atom stereocenters. The second-order valence-corrected chi connectivity index (χ2v) is 4.69. The topological polar surface area (TPSA) is 34.2 Å². The Morgan fingerprint density at radius 3 is 2.85 bits per heavy atom. The quantitative estimate of drug-likeness (QED) is 0.813. The summed E-state index contributed by atoms with van der Waals surface area (Å²) in [6.45, 7) is 5.79. The van der Waals surface area contributed by atoms with Crippen LogP contribution in [-0.4, -0.2) is 11.5 Å². The highest BCUT2D eigenvalue weighted by atomic mass is 19.1. The maximum Gasteiger partial charge on any atom is 0.219 e. The van der Waals surface area contributed by atoms with Crippen LogP contribution in [0.3, 0.4) is 0 Å². The standard InChI is InChI=1S/C16H19FN2O/c1-3-7-18-11-13-8-12(2)19-16(9-13)20-15-6-4-5-14(17)10-15/h4-6,8-10,18H,3,7,11H2,1-2H3. The van der Waals surface area contributed by atoms with Crippen molar-refractivity contribution < 1.29 is 9.13 Å². The molecule has 0 aliphatic carbocycles. The van der Waals surface area contributed by atoms with E-state index in [1.165, 1.54) is 12.1 Å².